The summed E-state index contributed by atoms with van der Waals surface area (Å²) >= 11 is 0. The minimum absolute atomic E-state index is 0. The van der Waals surface area contributed by atoms with Crippen molar-refractivity contribution in [2.75, 3.05) is 0 Å². The van der Waals surface area contributed by atoms with Crippen LogP contribution in [0.3, 0.4) is 0 Å². The third kappa shape index (κ3) is 8.84. The Bertz CT molecular complexity index is 3.25. The molecule has 0 atom stereocenters. The largest absolute Gasteiger partial charge is 0.114 e. The van der Waals surface area contributed by atoms with Gasteiger partial charge in [-0.3, -0.25) is 0 Å². The molecule has 0 rings (SSSR count). The maximum absolute atomic E-state index is 0. The van der Waals surface area contributed by atoms with E-state index in [1.54, 1.807) is 0 Å². The van der Waals surface area contributed by atoms with E-state index in [0.717, 1.165) is 0 Å². The molecule has 0 aliphatic rings. The molecule has 27 valence electrons. The van der Waals surface area contributed by atoms with Gasteiger partial charge >= 0.3 is 0 Å². The van der Waals surface area contributed by atoms with Gasteiger partial charge in [-0.15, -0.1) is 50.9 Å². The molecule has 0 unspecified atom stereocenters. The third-order valence-electron chi connectivity index (χ3n) is 0. The number of hydrogen-bond donors (Lipinski definition) is 0. The van der Waals surface area contributed by atoms with Crippen LogP contribution in [-0.4, -0.2) is 27.3 Å². The first-order chi connectivity index (χ1) is 0. The standard InChI is InChI=1S/3BrH.Tl/h3*1H;. The maximum atomic E-state index is 0. The normalized spacial score (nSPS) is 0. The molecule has 0 aromatic rings. The van der Waals surface area contributed by atoms with Crippen molar-refractivity contribution in [3.05, 3.63) is 0 Å². The van der Waals surface area contributed by atoms with Crippen LogP contribution in [0.4, 0.5) is 0 Å². The fourth-order valence-electron chi connectivity index (χ4n) is 0. The monoisotopic (exact) mass is 445 g/mol. The van der Waals surface area contributed by atoms with Gasteiger partial charge in [-0.2, -0.15) is 0 Å². The summed E-state index contributed by atoms with van der Waals surface area (Å²) < 4.78 is 0. The van der Waals surface area contributed by atoms with Gasteiger partial charge in [-0.1, -0.05) is 0 Å². The SMILES string of the molecule is Br.Br.Br.[Tl]. The van der Waals surface area contributed by atoms with Crippen molar-refractivity contribution in [1.29, 1.82) is 0 Å². The van der Waals surface area contributed by atoms with Crippen molar-refractivity contribution in [3.8, 4) is 0 Å². The average molecular weight is 447 g/mol. The second kappa shape index (κ2) is 18.3. The molecule has 0 amide bonds. The van der Waals surface area contributed by atoms with Crippen LogP contribution in [0.25, 0.3) is 0 Å². The van der Waals surface area contributed by atoms with E-state index in [4.69, 9.17) is 0 Å². The Hall–Kier alpha value is 2.36. The summed E-state index contributed by atoms with van der Waals surface area (Å²) in [5.74, 6) is 0. The van der Waals surface area contributed by atoms with Crippen LogP contribution in [0.5, 0.6) is 0 Å². The summed E-state index contributed by atoms with van der Waals surface area (Å²) in [5, 5.41) is 0. The average Bonchev–Trinajstić information content (AvgIpc) is 0. The molecule has 1 radical (unpaired) electrons. The van der Waals surface area contributed by atoms with Crippen LogP contribution in [-0.2, 0) is 0 Å². The Morgan fingerprint density at radius 1 is 0.500 bits per heavy atom. The molecule has 0 aromatic heterocycles. The van der Waals surface area contributed by atoms with Crippen molar-refractivity contribution >= 4 is 78.2 Å². The molecule has 4 heteroatoms. The first-order valence-electron chi connectivity index (χ1n) is 0. The van der Waals surface area contributed by atoms with Gasteiger partial charge in [0.05, 0.1) is 0 Å². The third-order valence-corrected chi connectivity index (χ3v) is 0. The van der Waals surface area contributed by atoms with Crippen LogP contribution < -0.4 is 0 Å². The van der Waals surface area contributed by atoms with Crippen LogP contribution in [0.15, 0.2) is 0 Å². The smallest absolute Gasteiger partial charge is 0 e. The summed E-state index contributed by atoms with van der Waals surface area (Å²) in [7, 11) is 0. The summed E-state index contributed by atoms with van der Waals surface area (Å²) in [6.07, 6.45) is 0. The van der Waals surface area contributed by atoms with Crippen LogP contribution in [0, 0.1) is 0 Å². The molecular formula is H3Br3Tl. The topological polar surface area (TPSA) is 0 Å². The maximum Gasteiger partial charge on any atom is 0 e. The van der Waals surface area contributed by atoms with Gasteiger partial charge in [0, 0.05) is 27.3 Å². The van der Waals surface area contributed by atoms with Gasteiger partial charge in [-0.05, 0) is 0 Å². The van der Waals surface area contributed by atoms with E-state index in [-0.39, 0.29) is 78.2 Å². The Kier molecular flexibility index (Phi) is 150. The van der Waals surface area contributed by atoms with Gasteiger partial charge in [-0.25, -0.2) is 0 Å². The summed E-state index contributed by atoms with van der Waals surface area (Å²) in [4.78, 5) is 0. The van der Waals surface area contributed by atoms with E-state index in [1.165, 1.54) is 0 Å². The molecule has 0 bridgehead atoms. The van der Waals surface area contributed by atoms with Gasteiger partial charge in [0.15, 0.2) is 0 Å². The quantitative estimate of drug-likeness (QED) is 0.493. The predicted octanol–water partition coefficient (Wildman–Crippen LogP) is 1.35. The summed E-state index contributed by atoms with van der Waals surface area (Å²) in [6.45, 7) is 0. The minimum Gasteiger partial charge on any atom is -0.114 e. The predicted molar refractivity (Wildman–Crippen MR) is 36.7 cm³/mol. The fraction of sp³-hybridized carbons (Fsp3) is 0. The van der Waals surface area contributed by atoms with Crippen LogP contribution in [0.2, 0.25) is 0 Å². The number of halogens is 3. The molecule has 0 spiro atoms. The molecule has 0 heterocycles. The molecule has 0 saturated heterocycles. The molecule has 0 aliphatic carbocycles. The molecule has 4 heavy (non-hydrogen) atoms. The first-order valence-corrected chi connectivity index (χ1v) is 0. The Morgan fingerprint density at radius 2 is 0.500 bits per heavy atom. The van der Waals surface area contributed by atoms with E-state index in [0.29, 0.717) is 0 Å². The Labute approximate surface area is 77.2 Å². The van der Waals surface area contributed by atoms with E-state index in [2.05, 4.69) is 0 Å². The molecule has 0 saturated carbocycles. The summed E-state index contributed by atoms with van der Waals surface area (Å²) in [5.41, 5.74) is 0. The molecule has 0 fully saturated rings. The van der Waals surface area contributed by atoms with Gasteiger partial charge in [0.2, 0.25) is 0 Å². The van der Waals surface area contributed by atoms with Crippen molar-refractivity contribution in [2.24, 2.45) is 0 Å². The molecule has 0 aliphatic heterocycles. The van der Waals surface area contributed by atoms with Gasteiger partial charge < -0.3 is 0 Å². The second-order valence-electron chi connectivity index (χ2n) is 0. The Balaban J connectivity index is 0. The number of hydrogen-bond acceptors (Lipinski definition) is 0. The van der Waals surface area contributed by atoms with Gasteiger partial charge in [0.1, 0.15) is 0 Å². The molecular weight excluding hydrogens is 444 g/mol. The Morgan fingerprint density at radius 3 is 0.500 bits per heavy atom. The fourth-order valence-corrected chi connectivity index (χ4v) is 0. The zero-order chi connectivity index (χ0) is 0. The van der Waals surface area contributed by atoms with Crippen molar-refractivity contribution < 1.29 is 0 Å². The minimum atomic E-state index is 0. The molecule has 0 nitrogen and oxygen atoms in total. The van der Waals surface area contributed by atoms with Crippen LogP contribution >= 0.6 is 50.9 Å². The van der Waals surface area contributed by atoms with Crippen LogP contribution in [0.1, 0.15) is 0 Å². The number of rotatable bonds is 0. The van der Waals surface area contributed by atoms with E-state index < -0.39 is 0 Å². The van der Waals surface area contributed by atoms with Crippen molar-refractivity contribution in [2.45, 2.75) is 0 Å². The van der Waals surface area contributed by atoms with E-state index in [9.17, 15) is 0 Å². The van der Waals surface area contributed by atoms with E-state index >= 15 is 0 Å². The van der Waals surface area contributed by atoms with Gasteiger partial charge in [0.25, 0.3) is 0 Å². The van der Waals surface area contributed by atoms with Crippen molar-refractivity contribution in [1.82, 2.24) is 0 Å². The second-order valence-corrected chi connectivity index (χ2v) is 0. The molecule has 0 N–H and O–H groups in total. The van der Waals surface area contributed by atoms with Crippen molar-refractivity contribution in [3.63, 3.8) is 0 Å². The first kappa shape index (κ1) is 32.8. The summed E-state index contributed by atoms with van der Waals surface area (Å²) in [6, 6.07) is 0. The zero-order valence-corrected chi connectivity index (χ0v) is 11.4. The zero-order valence-electron chi connectivity index (χ0n) is 1.80. The van der Waals surface area contributed by atoms with E-state index in [1.807, 2.05) is 0 Å². The molecule has 0 aromatic carbocycles.